The van der Waals surface area contributed by atoms with E-state index in [0.717, 1.165) is 15.6 Å². The minimum Gasteiger partial charge on any atom is -0.489 e. The van der Waals surface area contributed by atoms with Gasteiger partial charge in [-0.1, -0.05) is 40.2 Å². The highest BCUT2D eigenvalue weighted by Gasteiger charge is 2.48. The standard InChI is InChI=1S/C26H23BrFNO4/c1-32-24(30)15-14-23-25(29(26(23)31)21-10-8-20(28)9-11-21)18-4-12-22(13-5-18)33-16-17-2-6-19(27)7-3-17/h2-13,23,25H,14-16H2,1H3. The van der Waals surface area contributed by atoms with Crippen molar-refractivity contribution < 1.29 is 23.5 Å². The number of carbonyl (C=O) groups excluding carboxylic acids is 2. The number of benzene rings is 3. The Bertz CT molecular complexity index is 1120. The third-order valence-electron chi connectivity index (χ3n) is 5.75. The van der Waals surface area contributed by atoms with Crippen molar-refractivity contribution in [2.45, 2.75) is 25.5 Å². The van der Waals surface area contributed by atoms with E-state index in [0.29, 0.717) is 24.5 Å². The first kappa shape index (κ1) is 23.0. The van der Waals surface area contributed by atoms with Crippen LogP contribution in [0.5, 0.6) is 5.75 Å². The van der Waals surface area contributed by atoms with Crippen molar-refractivity contribution in [3.05, 3.63) is 94.2 Å². The molecule has 1 fully saturated rings. The summed E-state index contributed by atoms with van der Waals surface area (Å²) in [4.78, 5) is 26.2. The lowest BCUT2D eigenvalue weighted by Gasteiger charge is -2.47. The van der Waals surface area contributed by atoms with Crippen LogP contribution in [-0.4, -0.2) is 19.0 Å². The zero-order chi connectivity index (χ0) is 23.4. The highest BCUT2D eigenvalue weighted by Crippen LogP contribution is 2.45. The van der Waals surface area contributed by atoms with Gasteiger partial charge in [-0.05, 0) is 66.1 Å². The Balaban J connectivity index is 1.51. The number of hydrogen-bond acceptors (Lipinski definition) is 4. The number of esters is 1. The molecule has 0 saturated carbocycles. The van der Waals surface area contributed by atoms with E-state index in [1.54, 1.807) is 17.0 Å². The number of methoxy groups -OCH3 is 1. The van der Waals surface area contributed by atoms with Gasteiger partial charge in [0.15, 0.2) is 0 Å². The second-order valence-electron chi connectivity index (χ2n) is 7.83. The number of carbonyl (C=O) groups is 2. The zero-order valence-electron chi connectivity index (χ0n) is 18.0. The van der Waals surface area contributed by atoms with Crippen molar-refractivity contribution >= 4 is 33.5 Å². The Labute approximate surface area is 200 Å². The SMILES string of the molecule is COC(=O)CCC1C(=O)N(c2ccc(F)cc2)C1c1ccc(OCc2ccc(Br)cc2)cc1. The first-order chi connectivity index (χ1) is 16.0. The lowest BCUT2D eigenvalue weighted by molar-refractivity contribution is -0.141. The molecule has 7 heteroatoms. The molecule has 0 N–H and O–H groups in total. The van der Waals surface area contributed by atoms with E-state index >= 15 is 0 Å². The van der Waals surface area contributed by atoms with E-state index in [1.165, 1.54) is 19.2 Å². The Morgan fingerprint density at radius 3 is 2.30 bits per heavy atom. The Hall–Kier alpha value is -3.19. The first-order valence-corrected chi connectivity index (χ1v) is 11.4. The fourth-order valence-corrected chi connectivity index (χ4v) is 4.25. The third kappa shape index (κ3) is 5.25. The molecule has 2 atom stereocenters. The molecule has 0 aliphatic carbocycles. The molecule has 5 nitrogen and oxygen atoms in total. The molecule has 3 aromatic rings. The van der Waals surface area contributed by atoms with Gasteiger partial charge in [0.25, 0.3) is 0 Å². The van der Waals surface area contributed by atoms with Gasteiger partial charge >= 0.3 is 5.97 Å². The average molecular weight is 512 g/mol. The number of amides is 1. The maximum atomic E-state index is 13.4. The Morgan fingerprint density at radius 2 is 1.67 bits per heavy atom. The average Bonchev–Trinajstić information content (AvgIpc) is 2.83. The van der Waals surface area contributed by atoms with E-state index in [2.05, 4.69) is 15.9 Å². The molecular formula is C26H23BrFNO4. The summed E-state index contributed by atoms with van der Waals surface area (Å²) in [6.07, 6.45) is 0.546. The third-order valence-corrected chi connectivity index (χ3v) is 6.27. The summed E-state index contributed by atoms with van der Waals surface area (Å²) in [5, 5.41) is 0. The molecule has 2 unspecified atom stereocenters. The van der Waals surface area contributed by atoms with Crippen LogP contribution >= 0.6 is 15.9 Å². The van der Waals surface area contributed by atoms with Gasteiger partial charge in [-0.25, -0.2) is 4.39 Å². The molecule has 0 radical (unpaired) electrons. The number of ether oxygens (including phenoxy) is 2. The van der Waals surface area contributed by atoms with Crippen LogP contribution in [0, 0.1) is 11.7 Å². The van der Waals surface area contributed by atoms with E-state index in [1.807, 2.05) is 48.5 Å². The molecule has 0 aromatic heterocycles. The summed E-state index contributed by atoms with van der Waals surface area (Å²) in [5.74, 6) is -0.446. The molecule has 33 heavy (non-hydrogen) atoms. The highest BCUT2D eigenvalue weighted by atomic mass is 79.9. The first-order valence-electron chi connectivity index (χ1n) is 10.6. The van der Waals surface area contributed by atoms with E-state index in [-0.39, 0.29) is 36.1 Å². The van der Waals surface area contributed by atoms with Crippen LogP contribution in [0.3, 0.4) is 0 Å². The summed E-state index contributed by atoms with van der Waals surface area (Å²) in [7, 11) is 1.33. The largest absolute Gasteiger partial charge is 0.489 e. The van der Waals surface area contributed by atoms with Crippen molar-refractivity contribution in [1.29, 1.82) is 0 Å². The summed E-state index contributed by atoms with van der Waals surface area (Å²) in [6.45, 7) is 0.442. The van der Waals surface area contributed by atoms with Crippen molar-refractivity contribution in [2.75, 3.05) is 12.0 Å². The predicted molar refractivity (Wildman–Crippen MR) is 126 cm³/mol. The van der Waals surface area contributed by atoms with Crippen molar-refractivity contribution in [2.24, 2.45) is 5.92 Å². The molecule has 1 aliphatic heterocycles. The maximum Gasteiger partial charge on any atom is 0.305 e. The lowest BCUT2D eigenvalue weighted by Crippen LogP contribution is -2.55. The van der Waals surface area contributed by atoms with E-state index in [4.69, 9.17) is 9.47 Å². The van der Waals surface area contributed by atoms with Gasteiger partial charge in [0, 0.05) is 16.6 Å². The molecule has 0 bridgehead atoms. The number of nitrogens with zero attached hydrogens (tertiary/aromatic N) is 1. The van der Waals surface area contributed by atoms with Gasteiger partial charge in [-0.15, -0.1) is 0 Å². The Kier molecular flexibility index (Phi) is 7.08. The van der Waals surface area contributed by atoms with Crippen molar-refractivity contribution in [1.82, 2.24) is 0 Å². The molecule has 1 amide bonds. The smallest absolute Gasteiger partial charge is 0.305 e. The van der Waals surface area contributed by atoms with Crippen LogP contribution in [0.2, 0.25) is 0 Å². The molecule has 1 saturated heterocycles. The monoisotopic (exact) mass is 511 g/mol. The van der Waals surface area contributed by atoms with Gasteiger partial charge in [-0.3, -0.25) is 9.59 Å². The van der Waals surface area contributed by atoms with Gasteiger partial charge in [0.2, 0.25) is 5.91 Å². The van der Waals surface area contributed by atoms with Gasteiger partial charge in [0.1, 0.15) is 18.2 Å². The maximum absolute atomic E-state index is 13.4. The van der Waals surface area contributed by atoms with Crippen LogP contribution in [0.15, 0.2) is 77.3 Å². The highest BCUT2D eigenvalue weighted by molar-refractivity contribution is 9.10. The number of anilines is 1. The van der Waals surface area contributed by atoms with Crippen LogP contribution < -0.4 is 9.64 Å². The number of halogens is 2. The van der Waals surface area contributed by atoms with Gasteiger partial charge in [0.05, 0.1) is 19.1 Å². The van der Waals surface area contributed by atoms with E-state index in [9.17, 15) is 14.0 Å². The molecule has 1 aliphatic rings. The fourth-order valence-electron chi connectivity index (χ4n) is 3.98. The summed E-state index contributed by atoms with van der Waals surface area (Å²) >= 11 is 3.42. The van der Waals surface area contributed by atoms with Gasteiger partial charge < -0.3 is 14.4 Å². The topological polar surface area (TPSA) is 55.8 Å². The fraction of sp³-hybridized carbons (Fsp3) is 0.231. The van der Waals surface area contributed by atoms with Crippen LogP contribution in [0.25, 0.3) is 0 Å². The minimum absolute atomic E-state index is 0.0916. The zero-order valence-corrected chi connectivity index (χ0v) is 19.6. The number of rotatable bonds is 8. The molecule has 0 spiro atoms. The minimum atomic E-state index is -0.363. The van der Waals surface area contributed by atoms with Crippen LogP contribution in [-0.2, 0) is 20.9 Å². The van der Waals surface area contributed by atoms with Crippen molar-refractivity contribution in [3.8, 4) is 5.75 Å². The quantitative estimate of drug-likeness (QED) is 0.282. The van der Waals surface area contributed by atoms with E-state index < -0.39 is 0 Å². The van der Waals surface area contributed by atoms with Crippen molar-refractivity contribution in [3.63, 3.8) is 0 Å². The Morgan fingerprint density at radius 1 is 1.00 bits per heavy atom. The normalized spacial score (nSPS) is 17.4. The molecule has 3 aromatic carbocycles. The second-order valence-corrected chi connectivity index (χ2v) is 8.75. The number of hydrogen-bond donors (Lipinski definition) is 0. The summed E-state index contributed by atoms with van der Waals surface area (Å²) in [5.41, 5.74) is 2.60. The lowest BCUT2D eigenvalue weighted by atomic mass is 9.79. The molecule has 4 rings (SSSR count). The molecular weight excluding hydrogens is 489 g/mol. The summed E-state index contributed by atoms with van der Waals surface area (Å²) < 4.78 is 25.0. The summed E-state index contributed by atoms with van der Waals surface area (Å²) in [6, 6.07) is 21.1. The predicted octanol–water partition coefficient (Wildman–Crippen LogP) is 5.82. The molecule has 170 valence electrons. The number of β-lactam (4-membered cyclic amide) rings is 1. The molecule has 1 heterocycles. The van der Waals surface area contributed by atoms with Crippen LogP contribution in [0.4, 0.5) is 10.1 Å². The van der Waals surface area contributed by atoms with Gasteiger partial charge in [-0.2, -0.15) is 0 Å². The second kappa shape index (κ2) is 10.2. The van der Waals surface area contributed by atoms with Crippen LogP contribution in [0.1, 0.15) is 30.0 Å².